The first-order chi connectivity index (χ1) is 10.2. The molecule has 2 aliphatic heterocycles. The summed E-state index contributed by atoms with van der Waals surface area (Å²) in [4.78, 5) is 25.7. The molecular formula is C16H24N4O. The van der Waals surface area contributed by atoms with Crippen LogP contribution in [0.1, 0.15) is 48.9 Å². The van der Waals surface area contributed by atoms with E-state index in [0.29, 0.717) is 23.6 Å². The lowest BCUT2D eigenvalue weighted by atomic mass is 10.0. The Balaban J connectivity index is 1.79. The lowest BCUT2D eigenvalue weighted by molar-refractivity contribution is 0.0643. The van der Waals surface area contributed by atoms with Crippen molar-refractivity contribution in [3.63, 3.8) is 0 Å². The number of hydrogen-bond acceptors (Lipinski definition) is 4. The predicted molar refractivity (Wildman–Crippen MR) is 81.1 cm³/mol. The Bertz CT molecular complexity index is 519. The summed E-state index contributed by atoms with van der Waals surface area (Å²) >= 11 is 0. The van der Waals surface area contributed by atoms with Gasteiger partial charge in [0.25, 0.3) is 5.91 Å². The van der Waals surface area contributed by atoms with Crippen LogP contribution in [0.3, 0.4) is 0 Å². The van der Waals surface area contributed by atoms with Crippen LogP contribution in [0.15, 0.2) is 12.3 Å². The van der Waals surface area contributed by atoms with E-state index in [9.17, 15) is 4.79 Å². The van der Waals surface area contributed by atoms with Gasteiger partial charge in [-0.2, -0.15) is 0 Å². The molecule has 2 aliphatic rings. The first-order valence-corrected chi connectivity index (χ1v) is 8.05. The van der Waals surface area contributed by atoms with E-state index in [2.05, 4.69) is 26.7 Å². The molecule has 0 unspecified atom stereocenters. The third-order valence-electron chi connectivity index (χ3n) is 4.82. The molecule has 5 heteroatoms. The van der Waals surface area contributed by atoms with Gasteiger partial charge in [0.1, 0.15) is 11.5 Å². The SMILES string of the molecule is CCN1CCC[C@H]1[C@@H]1CCCN1C(=O)c1ccnc(C)n1. The van der Waals surface area contributed by atoms with Crippen LogP contribution >= 0.6 is 0 Å². The molecule has 0 radical (unpaired) electrons. The van der Waals surface area contributed by atoms with E-state index in [0.717, 1.165) is 25.9 Å². The van der Waals surface area contributed by atoms with Gasteiger partial charge in [0.2, 0.25) is 0 Å². The normalized spacial score (nSPS) is 26.5. The number of aromatic nitrogens is 2. The molecule has 114 valence electrons. The number of likely N-dealkylation sites (tertiary alicyclic amines) is 2. The molecule has 2 saturated heterocycles. The van der Waals surface area contributed by atoms with Gasteiger partial charge in [-0.15, -0.1) is 0 Å². The highest BCUT2D eigenvalue weighted by molar-refractivity contribution is 5.92. The van der Waals surface area contributed by atoms with E-state index in [-0.39, 0.29) is 5.91 Å². The summed E-state index contributed by atoms with van der Waals surface area (Å²) in [5.74, 6) is 0.735. The van der Waals surface area contributed by atoms with E-state index >= 15 is 0 Å². The molecule has 1 aromatic rings. The minimum absolute atomic E-state index is 0.0750. The molecule has 5 nitrogen and oxygen atoms in total. The zero-order valence-electron chi connectivity index (χ0n) is 13.0. The van der Waals surface area contributed by atoms with Gasteiger partial charge in [-0.05, 0) is 51.8 Å². The molecule has 0 N–H and O–H groups in total. The summed E-state index contributed by atoms with van der Waals surface area (Å²) in [7, 11) is 0. The highest BCUT2D eigenvalue weighted by Crippen LogP contribution is 2.30. The molecular weight excluding hydrogens is 264 g/mol. The minimum Gasteiger partial charge on any atom is -0.333 e. The zero-order chi connectivity index (χ0) is 14.8. The molecule has 0 saturated carbocycles. The average Bonchev–Trinajstić information content (AvgIpc) is 3.14. The van der Waals surface area contributed by atoms with Crippen molar-refractivity contribution in [2.24, 2.45) is 0 Å². The number of aryl methyl sites for hydroxylation is 1. The summed E-state index contributed by atoms with van der Waals surface area (Å²) in [5.41, 5.74) is 0.537. The Labute approximate surface area is 126 Å². The van der Waals surface area contributed by atoms with Crippen LogP contribution in [-0.4, -0.2) is 57.4 Å². The summed E-state index contributed by atoms with van der Waals surface area (Å²) in [6.07, 6.45) is 6.37. The quantitative estimate of drug-likeness (QED) is 0.852. The molecule has 1 amide bonds. The number of carbonyl (C=O) groups is 1. The van der Waals surface area contributed by atoms with Gasteiger partial charge in [0.05, 0.1) is 0 Å². The number of rotatable bonds is 3. The first-order valence-electron chi connectivity index (χ1n) is 8.05. The fraction of sp³-hybridized carbons (Fsp3) is 0.688. The van der Waals surface area contributed by atoms with Gasteiger partial charge < -0.3 is 4.90 Å². The van der Waals surface area contributed by atoms with Crippen molar-refractivity contribution in [3.8, 4) is 0 Å². The van der Waals surface area contributed by atoms with Gasteiger partial charge in [-0.3, -0.25) is 9.69 Å². The molecule has 3 heterocycles. The van der Waals surface area contributed by atoms with E-state index in [1.807, 2.05) is 6.92 Å². The number of hydrogen-bond donors (Lipinski definition) is 0. The molecule has 0 aromatic carbocycles. The van der Waals surface area contributed by atoms with Crippen LogP contribution in [0.2, 0.25) is 0 Å². The molecule has 0 aliphatic carbocycles. The summed E-state index contributed by atoms with van der Waals surface area (Å²) in [6.45, 7) is 7.16. The third-order valence-corrected chi connectivity index (χ3v) is 4.82. The largest absolute Gasteiger partial charge is 0.333 e. The van der Waals surface area contributed by atoms with Crippen LogP contribution < -0.4 is 0 Å². The highest BCUT2D eigenvalue weighted by Gasteiger charge is 2.39. The van der Waals surface area contributed by atoms with E-state index < -0.39 is 0 Å². The molecule has 2 fully saturated rings. The number of carbonyl (C=O) groups excluding carboxylic acids is 1. The topological polar surface area (TPSA) is 49.3 Å². The van der Waals surface area contributed by atoms with Gasteiger partial charge in [-0.1, -0.05) is 6.92 Å². The second-order valence-corrected chi connectivity index (χ2v) is 6.04. The maximum atomic E-state index is 12.8. The number of nitrogens with zero attached hydrogens (tertiary/aromatic N) is 4. The summed E-state index contributed by atoms with van der Waals surface area (Å²) < 4.78 is 0. The predicted octanol–water partition coefficient (Wildman–Crippen LogP) is 1.87. The van der Waals surface area contributed by atoms with E-state index in [1.54, 1.807) is 12.3 Å². The van der Waals surface area contributed by atoms with E-state index in [4.69, 9.17) is 0 Å². The highest BCUT2D eigenvalue weighted by atomic mass is 16.2. The second kappa shape index (κ2) is 6.10. The van der Waals surface area contributed by atoms with E-state index in [1.165, 1.54) is 19.4 Å². The fourth-order valence-corrected chi connectivity index (χ4v) is 3.85. The van der Waals surface area contributed by atoms with Crippen LogP contribution in [0, 0.1) is 6.92 Å². The zero-order valence-corrected chi connectivity index (χ0v) is 13.0. The van der Waals surface area contributed by atoms with Crippen molar-refractivity contribution in [2.45, 2.75) is 51.6 Å². The van der Waals surface area contributed by atoms with Crippen molar-refractivity contribution in [1.82, 2.24) is 19.8 Å². The molecule has 2 atom stereocenters. The first kappa shape index (κ1) is 14.4. The van der Waals surface area contributed by atoms with Crippen LogP contribution in [0.4, 0.5) is 0 Å². The van der Waals surface area contributed by atoms with Gasteiger partial charge in [0.15, 0.2) is 0 Å². The Morgan fingerprint density at radius 1 is 1.29 bits per heavy atom. The smallest absolute Gasteiger partial charge is 0.272 e. The number of likely N-dealkylation sites (N-methyl/N-ethyl adjacent to an activating group) is 1. The van der Waals surface area contributed by atoms with Crippen molar-refractivity contribution < 1.29 is 4.79 Å². The molecule has 3 rings (SSSR count). The maximum Gasteiger partial charge on any atom is 0.272 e. The van der Waals surface area contributed by atoms with Crippen LogP contribution in [0.5, 0.6) is 0 Å². The monoisotopic (exact) mass is 288 g/mol. The molecule has 0 bridgehead atoms. The standard InChI is InChI=1S/C16H24N4O/c1-3-19-10-4-6-14(19)15-7-5-11-20(15)16(21)13-8-9-17-12(2)18-13/h8-9,14-15H,3-7,10-11H2,1-2H3/t14-,15-/m0/s1. The number of amides is 1. The lowest BCUT2D eigenvalue weighted by Crippen LogP contribution is -2.48. The molecule has 21 heavy (non-hydrogen) atoms. The molecule has 1 aromatic heterocycles. The lowest BCUT2D eigenvalue weighted by Gasteiger charge is -2.34. The third kappa shape index (κ3) is 2.79. The average molecular weight is 288 g/mol. The summed E-state index contributed by atoms with van der Waals surface area (Å²) in [6, 6.07) is 2.62. The van der Waals surface area contributed by atoms with Crippen molar-refractivity contribution >= 4 is 5.91 Å². The van der Waals surface area contributed by atoms with Gasteiger partial charge in [-0.25, -0.2) is 9.97 Å². The van der Waals surface area contributed by atoms with Crippen LogP contribution in [0.25, 0.3) is 0 Å². The van der Waals surface area contributed by atoms with Crippen molar-refractivity contribution in [1.29, 1.82) is 0 Å². The molecule has 0 spiro atoms. The Morgan fingerprint density at radius 3 is 2.81 bits per heavy atom. The van der Waals surface area contributed by atoms with Gasteiger partial charge >= 0.3 is 0 Å². The van der Waals surface area contributed by atoms with Crippen molar-refractivity contribution in [3.05, 3.63) is 23.8 Å². The summed E-state index contributed by atoms with van der Waals surface area (Å²) in [5, 5.41) is 0. The Morgan fingerprint density at radius 2 is 2.05 bits per heavy atom. The minimum atomic E-state index is 0.0750. The van der Waals surface area contributed by atoms with Gasteiger partial charge in [0, 0.05) is 24.8 Å². The Hall–Kier alpha value is -1.49. The van der Waals surface area contributed by atoms with Crippen LogP contribution in [-0.2, 0) is 0 Å². The second-order valence-electron chi connectivity index (χ2n) is 6.04. The Kier molecular flexibility index (Phi) is 4.19. The maximum absolute atomic E-state index is 12.8. The van der Waals surface area contributed by atoms with Crippen molar-refractivity contribution in [2.75, 3.05) is 19.6 Å². The fourth-order valence-electron chi connectivity index (χ4n) is 3.85.